The first-order valence-electron chi connectivity index (χ1n) is 5.36. The number of hydrogen-bond acceptors (Lipinski definition) is 3. The van der Waals surface area contributed by atoms with Gasteiger partial charge in [0.2, 0.25) is 0 Å². The maximum atomic E-state index is 13.0. The summed E-state index contributed by atoms with van der Waals surface area (Å²) < 4.78 is 13.0. The number of aliphatic hydroxyl groups excluding tert-OH is 1. The minimum atomic E-state index is -0.406. The Bertz CT molecular complexity index is 417. The average molecular weight is 222 g/mol. The highest BCUT2D eigenvalue weighted by Crippen LogP contribution is 2.22. The van der Waals surface area contributed by atoms with E-state index in [9.17, 15) is 9.50 Å². The number of halogens is 1. The molecule has 16 heavy (non-hydrogen) atoms. The molecule has 1 aliphatic rings. The van der Waals surface area contributed by atoms with Crippen LogP contribution < -0.4 is 4.90 Å². The van der Waals surface area contributed by atoms with Crippen LogP contribution in [-0.2, 0) is 6.61 Å². The first-order chi connectivity index (χ1) is 7.70. The van der Waals surface area contributed by atoms with Gasteiger partial charge in [0.1, 0.15) is 11.6 Å². The number of aliphatic hydroxyl groups is 1. The van der Waals surface area contributed by atoms with E-state index in [0.29, 0.717) is 11.4 Å². The van der Waals surface area contributed by atoms with Gasteiger partial charge in [0, 0.05) is 18.7 Å². The van der Waals surface area contributed by atoms with Gasteiger partial charge in [-0.3, -0.25) is 0 Å². The quantitative estimate of drug-likeness (QED) is 0.776. The molecule has 0 saturated heterocycles. The average Bonchev–Trinajstić information content (AvgIpc) is 2.30. The van der Waals surface area contributed by atoms with Crippen molar-refractivity contribution < 1.29 is 9.50 Å². The molecule has 1 aromatic rings. The number of hydrogen-bond donors (Lipinski definition) is 1. The lowest BCUT2D eigenvalue weighted by atomic mass is 10.1. The van der Waals surface area contributed by atoms with E-state index in [-0.39, 0.29) is 6.61 Å². The summed E-state index contributed by atoms with van der Waals surface area (Å²) in [6.07, 6.45) is 4.32. The summed E-state index contributed by atoms with van der Waals surface area (Å²) in [4.78, 5) is 6.11. The normalized spacial score (nSPS) is 16.2. The van der Waals surface area contributed by atoms with E-state index in [1.54, 1.807) is 0 Å². The fourth-order valence-electron chi connectivity index (χ4n) is 1.84. The molecule has 0 aromatic carbocycles. The van der Waals surface area contributed by atoms with E-state index >= 15 is 0 Å². The van der Waals surface area contributed by atoms with Gasteiger partial charge in [-0.05, 0) is 19.4 Å². The molecule has 0 radical (unpaired) electrons. The third kappa shape index (κ3) is 2.22. The summed E-state index contributed by atoms with van der Waals surface area (Å²) in [6.45, 7) is 3.56. The van der Waals surface area contributed by atoms with Crippen molar-refractivity contribution in [3.8, 4) is 0 Å². The fraction of sp³-hybridized carbons (Fsp3) is 0.417. The number of pyridine rings is 1. The standard InChI is InChI=1S/C12H15FN2O/c1-9-2-4-15(5-3-9)12-10(8-16)6-11(13)7-14-12/h2,6-7,16H,3-5,8H2,1H3. The molecule has 0 bridgehead atoms. The lowest BCUT2D eigenvalue weighted by Crippen LogP contribution is -2.30. The van der Waals surface area contributed by atoms with E-state index in [4.69, 9.17) is 0 Å². The minimum Gasteiger partial charge on any atom is -0.392 e. The third-order valence-corrected chi connectivity index (χ3v) is 2.82. The molecule has 2 rings (SSSR count). The molecule has 1 N–H and O–H groups in total. The maximum Gasteiger partial charge on any atom is 0.142 e. The van der Waals surface area contributed by atoms with Crippen LogP contribution in [-0.4, -0.2) is 23.2 Å². The number of nitrogens with zero attached hydrogens (tertiary/aromatic N) is 2. The first kappa shape index (κ1) is 11.1. The van der Waals surface area contributed by atoms with Crippen LogP contribution in [0.15, 0.2) is 23.9 Å². The Morgan fingerprint density at radius 1 is 1.56 bits per heavy atom. The van der Waals surface area contributed by atoms with E-state index in [1.165, 1.54) is 17.8 Å². The van der Waals surface area contributed by atoms with Crippen LogP contribution in [0, 0.1) is 5.82 Å². The molecule has 0 amide bonds. The molecule has 0 aliphatic carbocycles. The van der Waals surface area contributed by atoms with Crippen molar-refractivity contribution in [3.05, 3.63) is 35.3 Å². The lowest BCUT2D eigenvalue weighted by molar-refractivity contribution is 0.281. The van der Waals surface area contributed by atoms with Gasteiger partial charge < -0.3 is 10.0 Å². The molecular formula is C12H15FN2O. The van der Waals surface area contributed by atoms with E-state index in [1.807, 2.05) is 0 Å². The predicted octanol–water partition coefficient (Wildman–Crippen LogP) is 1.87. The Morgan fingerprint density at radius 3 is 3.00 bits per heavy atom. The zero-order valence-electron chi connectivity index (χ0n) is 9.28. The minimum absolute atomic E-state index is 0.181. The molecule has 0 atom stereocenters. The van der Waals surface area contributed by atoms with Gasteiger partial charge in [-0.2, -0.15) is 0 Å². The second-order valence-corrected chi connectivity index (χ2v) is 4.04. The van der Waals surface area contributed by atoms with Gasteiger partial charge in [-0.1, -0.05) is 11.6 Å². The predicted molar refractivity (Wildman–Crippen MR) is 60.7 cm³/mol. The Labute approximate surface area is 94.2 Å². The van der Waals surface area contributed by atoms with Crippen LogP contribution in [0.1, 0.15) is 18.9 Å². The van der Waals surface area contributed by atoms with Crippen molar-refractivity contribution in [2.24, 2.45) is 0 Å². The van der Waals surface area contributed by atoms with E-state index < -0.39 is 5.82 Å². The summed E-state index contributed by atoms with van der Waals surface area (Å²) >= 11 is 0. The molecule has 86 valence electrons. The summed E-state index contributed by atoms with van der Waals surface area (Å²) in [5.41, 5.74) is 1.91. The highest BCUT2D eigenvalue weighted by molar-refractivity contribution is 5.48. The Hall–Kier alpha value is -1.42. The largest absolute Gasteiger partial charge is 0.392 e. The fourth-order valence-corrected chi connectivity index (χ4v) is 1.84. The SMILES string of the molecule is CC1=CCN(c2ncc(F)cc2CO)CC1. The molecule has 0 saturated carbocycles. The Kier molecular flexibility index (Phi) is 3.19. The van der Waals surface area contributed by atoms with E-state index in [0.717, 1.165) is 19.5 Å². The van der Waals surface area contributed by atoms with Crippen LogP contribution in [0.25, 0.3) is 0 Å². The highest BCUT2D eigenvalue weighted by Gasteiger charge is 2.15. The van der Waals surface area contributed by atoms with Crippen molar-refractivity contribution in [3.63, 3.8) is 0 Å². The van der Waals surface area contributed by atoms with Gasteiger partial charge in [-0.15, -0.1) is 0 Å². The monoisotopic (exact) mass is 222 g/mol. The molecule has 2 heterocycles. The van der Waals surface area contributed by atoms with Crippen LogP contribution in [0.5, 0.6) is 0 Å². The van der Waals surface area contributed by atoms with Crippen molar-refractivity contribution in [2.45, 2.75) is 20.0 Å². The maximum absolute atomic E-state index is 13.0. The summed E-state index contributed by atoms with van der Waals surface area (Å²) in [5, 5.41) is 9.18. The third-order valence-electron chi connectivity index (χ3n) is 2.82. The van der Waals surface area contributed by atoms with Gasteiger partial charge in [0.25, 0.3) is 0 Å². The summed E-state index contributed by atoms with van der Waals surface area (Å²) in [6, 6.07) is 1.34. The van der Waals surface area contributed by atoms with Crippen LogP contribution in [0.2, 0.25) is 0 Å². The number of rotatable bonds is 2. The second-order valence-electron chi connectivity index (χ2n) is 4.04. The van der Waals surface area contributed by atoms with E-state index in [2.05, 4.69) is 22.9 Å². The lowest BCUT2D eigenvalue weighted by Gasteiger charge is -2.27. The Balaban J connectivity index is 2.27. The molecule has 3 nitrogen and oxygen atoms in total. The van der Waals surface area contributed by atoms with Gasteiger partial charge in [0.15, 0.2) is 0 Å². The zero-order valence-corrected chi connectivity index (χ0v) is 9.28. The zero-order chi connectivity index (χ0) is 11.5. The topological polar surface area (TPSA) is 36.4 Å². The van der Waals surface area contributed by atoms with Gasteiger partial charge in [-0.25, -0.2) is 9.37 Å². The summed E-state index contributed by atoms with van der Waals surface area (Å²) in [5.74, 6) is 0.282. The van der Waals surface area contributed by atoms with Crippen molar-refractivity contribution in [1.82, 2.24) is 4.98 Å². The molecule has 0 fully saturated rings. The molecule has 1 aliphatic heterocycles. The molecule has 0 spiro atoms. The van der Waals surface area contributed by atoms with Crippen molar-refractivity contribution >= 4 is 5.82 Å². The van der Waals surface area contributed by atoms with Gasteiger partial charge >= 0.3 is 0 Å². The van der Waals surface area contributed by atoms with Crippen LogP contribution in [0.3, 0.4) is 0 Å². The van der Waals surface area contributed by atoms with Crippen LogP contribution >= 0.6 is 0 Å². The summed E-state index contributed by atoms with van der Waals surface area (Å²) in [7, 11) is 0. The van der Waals surface area contributed by atoms with Crippen molar-refractivity contribution in [1.29, 1.82) is 0 Å². The molecule has 4 heteroatoms. The molecule has 0 unspecified atom stereocenters. The molecule has 1 aromatic heterocycles. The first-order valence-corrected chi connectivity index (χ1v) is 5.36. The van der Waals surface area contributed by atoms with Crippen LogP contribution in [0.4, 0.5) is 10.2 Å². The smallest absolute Gasteiger partial charge is 0.142 e. The van der Waals surface area contributed by atoms with Gasteiger partial charge in [0.05, 0.1) is 12.8 Å². The van der Waals surface area contributed by atoms with Crippen molar-refractivity contribution in [2.75, 3.05) is 18.0 Å². The Morgan fingerprint density at radius 2 is 2.38 bits per heavy atom. The highest BCUT2D eigenvalue weighted by atomic mass is 19.1. The second kappa shape index (κ2) is 4.61. The number of aromatic nitrogens is 1. The molecular weight excluding hydrogens is 207 g/mol. The number of anilines is 1.